The highest BCUT2D eigenvalue weighted by Crippen LogP contribution is 2.61. The van der Waals surface area contributed by atoms with Gasteiger partial charge in [-0.15, -0.1) is 5.10 Å². The van der Waals surface area contributed by atoms with E-state index in [9.17, 15) is 9.90 Å². The van der Waals surface area contributed by atoms with Crippen LogP contribution in [0.3, 0.4) is 0 Å². The summed E-state index contributed by atoms with van der Waals surface area (Å²) in [6, 6.07) is 61.0. The van der Waals surface area contributed by atoms with E-state index in [2.05, 4.69) is 42.5 Å². The molecule has 13 rings (SSSR count). The van der Waals surface area contributed by atoms with Gasteiger partial charge in [-0.25, -0.2) is 0 Å². The van der Waals surface area contributed by atoms with Crippen LogP contribution in [-0.4, -0.2) is 65.7 Å². The minimum absolute atomic E-state index is 0.129. The maximum atomic E-state index is 16.5. The topological polar surface area (TPSA) is 149 Å². The van der Waals surface area contributed by atoms with Gasteiger partial charge >= 0.3 is 0 Å². The van der Waals surface area contributed by atoms with Gasteiger partial charge in [0.1, 0.15) is 17.2 Å². The Morgan fingerprint density at radius 3 is 1.88 bits per heavy atom. The lowest BCUT2D eigenvalue weighted by molar-refractivity contribution is -0.146. The van der Waals surface area contributed by atoms with Gasteiger partial charge in [0.2, 0.25) is 0 Å². The molecule has 3 amide bonds. The molecule has 8 aromatic carbocycles. The van der Waals surface area contributed by atoms with Crippen molar-refractivity contribution in [2.75, 3.05) is 28.4 Å². The Balaban J connectivity index is 0.935. The normalized spacial score (nSPS) is 19.4. The third kappa shape index (κ3) is 8.67. The van der Waals surface area contributed by atoms with E-state index in [1.807, 2.05) is 169 Å². The van der Waals surface area contributed by atoms with Crippen molar-refractivity contribution in [2.24, 2.45) is 5.92 Å². The Bertz CT molecular complexity index is 3910. The number of ether oxygens (including phenoxy) is 4. The van der Waals surface area contributed by atoms with Crippen LogP contribution in [0.2, 0.25) is 18.6 Å². The summed E-state index contributed by atoms with van der Waals surface area (Å²) in [7, 11) is -0.990. The molecule has 1 unspecified atom stereocenters. The van der Waals surface area contributed by atoms with E-state index in [0.29, 0.717) is 86.8 Å². The molecule has 4 aliphatic rings. The highest BCUT2D eigenvalue weighted by Gasteiger charge is 2.66. The summed E-state index contributed by atoms with van der Waals surface area (Å²) in [5.41, 5.74) is 5.06. The first-order valence-electron chi connectivity index (χ1n) is 27.3. The molecule has 14 nitrogen and oxygen atoms in total. The molecule has 15 heteroatoms. The number of methoxy groups -OCH3 is 1. The molecule has 1 saturated heterocycles. The molecule has 1 aromatic heterocycles. The van der Waals surface area contributed by atoms with Crippen molar-refractivity contribution in [3.8, 4) is 28.7 Å². The summed E-state index contributed by atoms with van der Waals surface area (Å²) in [5.74, 6) is 1.16. The highest BCUT2D eigenvalue weighted by molar-refractivity contribution is 6.91. The quantitative estimate of drug-likeness (QED) is 0.111. The Kier molecular flexibility index (Phi) is 13.0. The lowest BCUT2D eigenvalue weighted by Gasteiger charge is -2.37. The zero-order chi connectivity index (χ0) is 55.6. The molecular weight excluding hydrogens is 1030 g/mol. The van der Waals surface area contributed by atoms with E-state index in [1.165, 1.54) is 5.19 Å². The molecule has 0 radical (unpaired) electrons. The van der Waals surface area contributed by atoms with Crippen LogP contribution in [-0.2, 0) is 28.2 Å². The van der Waals surface area contributed by atoms with Gasteiger partial charge in [-0.1, -0.05) is 134 Å². The number of carbonyl (C=O) groups excluding carboxylic acids is 3. The maximum absolute atomic E-state index is 16.5. The number of para-hydroxylation sites is 6. The molecule has 1 fully saturated rings. The Morgan fingerprint density at radius 2 is 1.25 bits per heavy atom. The fourth-order valence-electron chi connectivity index (χ4n) is 12.9. The fraction of sp³-hybridized carbons (Fsp3) is 0.197. The summed E-state index contributed by atoms with van der Waals surface area (Å²) >= 11 is 0. The standard InChI is InChI=1S/C66H58N6O8Si/c1-42-62(81(3,4)48-32-30-47(77-2)31-33-48)61(35-36-69-40-53(67-68-69)51(41-73)44-18-6-5-7-19-44)80-66(42)52-38-46(72-56-24-11-15-28-60(56)79-58-26-13-9-22-50(58)64(72)75)29-34-54(52)70(65(66)76)39-43-17-16-20-45(37-43)71-55-23-10-14-27-59(55)78-57-25-12-8-21-49(57)63(71)74/h5-34,37-38,40,42,51,61-62,73H,35-36,39,41H2,1-4H3/t42-,51?,61+,62-,66+/m0/s1. The van der Waals surface area contributed by atoms with E-state index in [-0.39, 0.29) is 42.3 Å². The minimum atomic E-state index is -2.65. The monoisotopic (exact) mass is 1090 g/mol. The van der Waals surface area contributed by atoms with Gasteiger partial charge in [0, 0.05) is 35.6 Å². The molecule has 1 spiro atoms. The van der Waals surface area contributed by atoms with Gasteiger partial charge in [0.05, 0.1) is 74.2 Å². The molecule has 9 aromatic rings. The maximum Gasteiger partial charge on any atom is 0.266 e. The number of aliphatic hydroxyl groups excluding tert-OH is 1. The molecular formula is C66H58N6O8Si. The van der Waals surface area contributed by atoms with Crippen LogP contribution < -0.4 is 34.1 Å². The Hall–Kier alpha value is -9.15. The van der Waals surface area contributed by atoms with E-state index < -0.39 is 25.7 Å². The van der Waals surface area contributed by atoms with Crippen LogP contribution in [0.25, 0.3) is 0 Å². The lowest BCUT2D eigenvalue weighted by Crippen LogP contribution is -2.51. The predicted molar refractivity (Wildman–Crippen MR) is 313 cm³/mol. The number of aryl methyl sites for hydroxylation is 1. The molecule has 5 heterocycles. The Labute approximate surface area is 470 Å². The van der Waals surface area contributed by atoms with Crippen LogP contribution in [0.1, 0.15) is 62.4 Å². The Morgan fingerprint density at radius 1 is 0.654 bits per heavy atom. The van der Waals surface area contributed by atoms with Gasteiger partial charge in [0.25, 0.3) is 17.7 Å². The third-order valence-electron chi connectivity index (χ3n) is 16.8. The molecule has 0 bridgehead atoms. The van der Waals surface area contributed by atoms with Crippen molar-refractivity contribution >= 4 is 59.4 Å². The van der Waals surface area contributed by atoms with Gasteiger partial charge in [-0.05, 0) is 114 Å². The van der Waals surface area contributed by atoms with Gasteiger partial charge < -0.3 is 29.0 Å². The largest absolute Gasteiger partial charge is 0.497 e. The summed E-state index contributed by atoms with van der Waals surface area (Å²) < 4.78 is 28.0. The first-order valence-corrected chi connectivity index (χ1v) is 30.4. The predicted octanol–water partition coefficient (Wildman–Crippen LogP) is 12.4. The second-order valence-electron chi connectivity index (χ2n) is 21.7. The minimum Gasteiger partial charge on any atom is -0.497 e. The number of carbonyl (C=O) groups is 3. The zero-order valence-electron chi connectivity index (χ0n) is 45.2. The molecule has 404 valence electrons. The number of rotatable bonds is 13. The number of aromatic nitrogens is 3. The number of fused-ring (bicyclic) bond motifs is 6. The molecule has 0 saturated carbocycles. The first kappa shape index (κ1) is 51.3. The van der Waals surface area contributed by atoms with Gasteiger partial charge in [0.15, 0.2) is 17.1 Å². The SMILES string of the molecule is COc1ccc([Si](C)(C)[C@@H]2[C@@H](CCn3cc(C(CO)c4ccccc4)nn3)O[C@]3(C(=O)N(Cc4cccc(N5C(=O)c6ccccc6Oc6ccccc65)c4)c4ccc(N5C(=O)c6ccccc6Oc6ccccc65)cc43)[C@H]2C)cc1. The van der Waals surface area contributed by atoms with E-state index >= 15 is 9.59 Å². The van der Waals surface area contributed by atoms with Crippen LogP contribution >= 0.6 is 0 Å². The molecule has 0 aliphatic carbocycles. The number of benzene rings is 8. The lowest BCUT2D eigenvalue weighted by atomic mass is 9.82. The van der Waals surface area contributed by atoms with Crippen LogP contribution in [0.5, 0.6) is 28.7 Å². The summed E-state index contributed by atoms with van der Waals surface area (Å²) in [4.78, 5) is 51.4. The number of hydrogen-bond acceptors (Lipinski definition) is 10. The third-order valence-corrected chi connectivity index (χ3v) is 21.2. The summed E-state index contributed by atoms with van der Waals surface area (Å²) in [6.45, 7) is 7.26. The second kappa shape index (κ2) is 20.5. The van der Waals surface area contributed by atoms with E-state index in [4.69, 9.17) is 18.9 Å². The van der Waals surface area contributed by atoms with Crippen molar-refractivity contribution in [3.63, 3.8) is 0 Å². The molecule has 5 atom stereocenters. The van der Waals surface area contributed by atoms with Crippen molar-refractivity contribution in [1.29, 1.82) is 0 Å². The second-order valence-corrected chi connectivity index (χ2v) is 26.4. The smallest absolute Gasteiger partial charge is 0.266 e. The highest BCUT2D eigenvalue weighted by atomic mass is 28.3. The van der Waals surface area contributed by atoms with Crippen LogP contribution in [0.15, 0.2) is 200 Å². The average Bonchev–Trinajstić information content (AvgIpc) is 2.38. The van der Waals surface area contributed by atoms with E-state index in [1.54, 1.807) is 45.9 Å². The van der Waals surface area contributed by atoms with Crippen molar-refractivity contribution < 1.29 is 38.4 Å². The van der Waals surface area contributed by atoms with Crippen LogP contribution in [0.4, 0.5) is 28.4 Å². The first-order chi connectivity index (χ1) is 39.5. The summed E-state index contributed by atoms with van der Waals surface area (Å²) in [5, 5.41) is 20.9. The number of anilines is 5. The summed E-state index contributed by atoms with van der Waals surface area (Å²) in [6.07, 6.45) is 1.90. The number of hydrogen-bond donors (Lipinski definition) is 1. The van der Waals surface area contributed by atoms with Gasteiger partial charge in [-0.3, -0.25) is 28.9 Å². The number of aliphatic hydroxyl groups is 1. The fourth-order valence-corrected chi connectivity index (χ4v) is 16.9. The van der Waals surface area contributed by atoms with E-state index in [0.717, 1.165) is 16.9 Å². The number of nitrogens with zero attached hydrogens (tertiary/aromatic N) is 6. The van der Waals surface area contributed by atoms with Crippen LogP contribution in [0, 0.1) is 5.92 Å². The molecule has 1 N–H and O–H groups in total. The van der Waals surface area contributed by atoms with Crippen molar-refractivity contribution in [1.82, 2.24) is 15.0 Å². The average molecular weight is 1090 g/mol. The zero-order valence-corrected chi connectivity index (χ0v) is 46.2. The van der Waals surface area contributed by atoms with Crippen molar-refractivity contribution in [2.45, 2.75) is 62.7 Å². The molecule has 81 heavy (non-hydrogen) atoms. The van der Waals surface area contributed by atoms with Gasteiger partial charge in [-0.2, -0.15) is 0 Å². The van der Waals surface area contributed by atoms with Crippen molar-refractivity contribution in [3.05, 3.63) is 234 Å². The number of amides is 3. The molecule has 4 aliphatic heterocycles.